The zero-order valence-corrected chi connectivity index (χ0v) is 11.2. The van der Waals surface area contributed by atoms with E-state index in [4.69, 9.17) is 0 Å². The lowest BCUT2D eigenvalue weighted by Gasteiger charge is -2.36. The van der Waals surface area contributed by atoms with Crippen LogP contribution in [0.5, 0.6) is 0 Å². The van der Waals surface area contributed by atoms with Gasteiger partial charge in [0.2, 0.25) is 5.91 Å². The van der Waals surface area contributed by atoms with Gasteiger partial charge < -0.3 is 14.9 Å². The molecule has 2 bridgehead atoms. The Kier molecular flexibility index (Phi) is 3.09. The second-order valence-electron chi connectivity index (χ2n) is 5.97. The highest BCUT2D eigenvalue weighted by molar-refractivity contribution is 5.87. The van der Waals surface area contributed by atoms with Gasteiger partial charge in [0, 0.05) is 26.2 Å². The number of carboxylic acids is 1. The van der Waals surface area contributed by atoms with Gasteiger partial charge in [-0.25, -0.2) is 0 Å². The van der Waals surface area contributed by atoms with Crippen molar-refractivity contribution in [1.29, 1.82) is 0 Å². The van der Waals surface area contributed by atoms with E-state index in [9.17, 15) is 14.7 Å². The van der Waals surface area contributed by atoms with Gasteiger partial charge in [-0.2, -0.15) is 0 Å². The molecule has 1 saturated carbocycles. The largest absolute Gasteiger partial charge is 0.481 e. The smallest absolute Gasteiger partial charge is 0.307 e. The highest BCUT2D eigenvalue weighted by Gasteiger charge is 2.52. The molecule has 0 aromatic rings. The molecule has 0 spiro atoms. The molecule has 104 valence electrons. The van der Waals surface area contributed by atoms with E-state index in [1.54, 1.807) is 0 Å². The number of rotatable bonds is 2. The van der Waals surface area contributed by atoms with Crippen LogP contribution in [0.1, 0.15) is 6.42 Å². The third kappa shape index (κ3) is 2.06. The standard InChI is InChI=1S/C14H20N2O3/c1-15-4-6-16(7-5-15)13(17)11-9-2-3-10(8-9)12(11)14(18)19/h2-3,9-12H,4-8H2,1H3,(H,18,19)/t9-,10-,11+,12-/m0/s1. The Bertz CT molecular complexity index is 426. The maximum Gasteiger partial charge on any atom is 0.307 e. The number of piperazine rings is 1. The Hall–Kier alpha value is -1.36. The molecule has 4 atom stereocenters. The zero-order chi connectivity index (χ0) is 13.6. The fourth-order valence-electron chi connectivity index (χ4n) is 3.73. The summed E-state index contributed by atoms with van der Waals surface area (Å²) >= 11 is 0. The van der Waals surface area contributed by atoms with Crippen LogP contribution in [0, 0.1) is 23.7 Å². The summed E-state index contributed by atoms with van der Waals surface area (Å²) < 4.78 is 0. The van der Waals surface area contributed by atoms with Gasteiger partial charge in [0.05, 0.1) is 11.8 Å². The molecule has 0 radical (unpaired) electrons. The predicted molar refractivity (Wildman–Crippen MR) is 69.4 cm³/mol. The van der Waals surface area contributed by atoms with Gasteiger partial charge in [0.15, 0.2) is 0 Å². The monoisotopic (exact) mass is 264 g/mol. The van der Waals surface area contributed by atoms with Crippen LogP contribution in [0.25, 0.3) is 0 Å². The highest BCUT2D eigenvalue weighted by atomic mass is 16.4. The van der Waals surface area contributed by atoms with Crippen LogP contribution in [-0.4, -0.2) is 60.0 Å². The maximum absolute atomic E-state index is 12.6. The van der Waals surface area contributed by atoms with E-state index in [0.717, 1.165) is 32.6 Å². The van der Waals surface area contributed by atoms with Crippen molar-refractivity contribution in [3.8, 4) is 0 Å². The summed E-state index contributed by atoms with van der Waals surface area (Å²) in [5.74, 6) is -1.41. The summed E-state index contributed by atoms with van der Waals surface area (Å²) in [6.45, 7) is 3.19. The normalized spacial score (nSPS) is 37.8. The van der Waals surface area contributed by atoms with Gasteiger partial charge in [0.1, 0.15) is 0 Å². The maximum atomic E-state index is 12.6. The van der Waals surface area contributed by atoms with Crippen LogP contribution >= 0.6 is 0 Å². The quantitative estimate of drug-likeness (QED) is 0.728. The first-order chi connectivity index (χ1) is 9.08. The lowest BCUT2D eigenvalue weighted by molar-refractivity contribution is -0.151. The second kappa shape index (κ2) is 4.63. The molecular formula is C14H20N2O3. The van der Waals surface area contributed by atoms with Crippen LogP contribution in [0.3, 0.4) is 0 Å². The van der Waals surface area contributed by atoms with Crippen molar-refractivity contribution in [2.45, 2.75) is 6.42 Å². The minimum Gasteiger partial charge on any atom is -0.481 e. The van der Waals surface area contributed by atoms with Gasteiger partial charge >= 0.3 is 5.97 Å². The lowest BCUT2D eigenvalue weighted by Crippen LogP contribution is -2.51. The summed E-state index contributed by atoms with van der Waals surface area (Å²) in [6, 6.07) is 0. The predicted octanol–water partition coefficient (Wildman–Crippen LogP) is 0.283. The van der Waals surface area contributed by atoms with Crippen molar-refractivity contribution in [1.82, 2.24) is 9.80 Å². The number of aliphatic carboxylic acids is 1. The molecule has 1 amide bonds. The second-order valence-corrected chi connectivity index (χ2v) is 5.97. The number of fused-ring (bicyclic) bond motifs is 2. The van der Waals surface area contributed by atoms with E-state index in [1.165, 1.54) is 0 Å². The minimum absolute atomic E-state index is 0.0531. The van der Waals surface area contributed by atoms with Crippen LogP contribution < -0.4 is 0 Å². The van der Waals surface area contributed by atoms with Crippen LogP contribution in [0.4, 0.5) is 0 Å². The van der Waals surface area contributed by atoms with Gasteiger partial charge in [-0.05, 0) is 25.3 Å². The average Bonchev–Trinajstić information content (AvgIpc) is 2.98. The molecule has 1 N–H and O–H groups in total. The Morgan fingerprint density at radius 2 is 1.63 bits per heavy atom. The van der Waals surface area contributed by atoms with E-state index >= 15 is 0 Å². The van der Waals surface area contributed by atoms with Crippen molar-refractivity contribution in [2.75, 3.05) is 33.2 Å². The number of carbonyl (C=O) groups is 2. The van der Waals surface area contributed by atoms with Crippen molar-refractivity contribution >= 4 is 11.9 Å². The minimum atomic E-state index is -0.815. The summed E-state index contributed by atoms with van der Waals surface area (Å²) in [5.41, 5.74) is 0. The summed E-state index contributed by atoms with van der Waals surface area (Å²) in [4.78, 5) is 28.1. The van der Waals surface area contributed by atoms with E-state index in [0.29, 0.717) is 0 Å². The average molecular weight is 264 g/mol. The Morgan fingerprint density at radius 1 is 1.05 bits per heavy atom. The number of allylic oxidation sites excluding steroid dienone is 2. The first-order valence-corrected chi connectivity index (χ1v) is 6.96. The molecule has 0 unspecified atom stereocenters. The molecule has 5 nitrogen and oxygen atoms in total. The summed E-state index contributed by atoms with van der Waals surface area (Å²) in [5, 5.41) is 9.38. The van der Waals surface area contributed by atoms with Crippen molar-refractivity contribution in [3.63, 3.8) is 0 Å². The van der Waals surface area contributed by atoms with Crippen LogP contribution in [-0.2, 0) is 9.59 Å². The third-order valence-electron chi connectivity index (χ3n) is 4.84. The van der Waals surface area contributed by atoms with Gasteiger partial charge in [-0.1, -0.05) is 12.2 Å². The lowest BCUT2D eigenvalue weighted by atomic mass is 9.82. The number of likely N-dealkylation sites (N-methyl/N-ethyl adjacent to an activating group) is 1. The van der Waals surface area contributed by atoms with Crippen LogP contribution in [0.15, 0.2) is 12.2 Å². The molecule has 1 heterocycles. The van der Waals surface area contributed by atoms with E-state index in [1.807, 2.05) is 24.1 Å². The third-order valence-corrected chi connectivity index (χ3v) is 4.84. The molecule has 3 aliphatic rings. The number of hydrogen-bond acceptors (Lipinski definition) is 3. The Labute approximate surface area is 112 Å². The fourth-order valence-corrected chi connectivity index (χ4v) is 3.73. The van der Waals surface area contributed by atoms with Crippen molar-refractivity contribution < 1.29 is 14.7 Å². The van der Waals surface area contributed by atoms with Crippen molar-refractivity contribution in [3.05, 3.63) is 12.2 Å². The van der Waals surface area contributed by atoms with E-state index in [-0.39, 0.29) is 23.7 Å². The molecule has 2 aliphatic carbocycles. The number of carboxylic acid groups (broad SMARTS) is 1. The Morgan fingerprint density at radius 3 is 2.21 bits per heavy atom. The molecule has 0 aromatic carbocycles. The fraction of sp³-hybridized carbons (Fsp3) is 0.714. The topological polar surface area (TPSA) is 60.9 Å². The molecule has 3 rings (SSSR count). The van der Waals surface area contributed by atoms with Crippen LogP contribution in [0.2, 0.25) is 0 Å². The molecule has 5 heteroatoms. The van der Waals surface area contributed by atoms with E-state index in [2.05, 4.69) is 4.90 Å². The number of nitrogens with zero attached hydrogens (tertiary/aromatic N) is 2. The molecule has 0 aromatic heterocycles. The number of hydrogen-bond donors (Lipinski definition) is 1. The molecule has 1 saturated heterocycles. The first kappa shape index (κ1) is 12.7. The molecule has 2 fully saturated rings. The molecule has 1 aliphatic heterocycles. The highest BCUT2D eigenvalue weighted by Crippen LogP contribution is 2.48. The summed E-state index contributed by atoms with van der Waals surface area (Å²) in [6.07, 6.45) is 4.86. The van der Waals surface area contributed by atoms with Gasteiger partial charge in [-0.3, -0.25) is 9.59 Å². The number of amides is 1. The van der Waals surface area contributed by atoms with E-state index < -0.39 is 11.9 Å². The van der Waals surface area contributed by atoms with Gasteiger partial charge in [0.25, 0.3) is 0 Å². The SMILES string of the molecule is CN1CCN(C(=O)[C@H]2[C@@H](C(=O)O)[C@H]3C=C[C@H]2C3)CC1. The van der Waals surface area contributed by atoms with Gasteiger partial charge in [-0.15, -0.1) is 0 Å². The Balaban J connectivity index is 1.75. The van der Waals surface area contributed by atoms with Crippen molar-refractivity contribution in [2.24, 2.45) is 23.7 Å². The summed E-state index contributed by atoms with van der Waals surface area (Å²) in [7, 11) is 2.04. The molecular weight excluding hydrogens is 244 g/mol. The zero-order valence-electron chi connectivity index (χ0n) is 11.2. The number of carbonyl (C=O) groups excluding carboxylic acids is 1. The molecule has 19 heavy (non-hydrogen) atoms. The first-order valence-electron chi connectivity index (χ1n) is 6.96.